The molecule has 2 N–H and O–H groups in total. The number of primary amides is 1. The molecule has 0 aromatic heterocycles. The van der Waals surface area contributed by atoms with Gasteiger partial charge in [-0.05, 0) is 23.8 Å². The van der Waals surface area contributed by atoms with Crippen LogP contribution >= 0.6 is 15.9 Å². The SMILES string of the molecule is N#C/C(C(N)=O)=C1/C(=O)N(Cc2ccccc2)c2ccc(Br)cc21. The van der Waals surface area contributed by atoms with Gasteiger partial charge in [-0.2, -0.15) is 5.26 Å². The van der Waals surface area contributed by atoms with E-state index in [2.05, 4.69) is 15.9 Å². The number of carbonyl (C=O) groups excluding carboxylic acids is 2. The van der Waals surface area contributed by atoms with Gasteiger partial charge in [0.15, 0.2) is 0 Å². The van der Waals surface area contributed by atoms with Crippen molar-refractivity contribution in [2.75, 3.05) is 4.90 Å². The van der Waals surface area contributed by atoms with Crippen molar-refractivity contribution in [3.8, 4) is 6.07 Å². The summed E-state index contributed by atoms with van der Waals surface area (Å²) < 4.78 is 0.745. The lowest BCUT2D eigenvalue weighted by Crippen LogP contribution is -2.27. The topological polar surface area (TPSA) is 87.2 Å². The largest absolute Gasteiger partial charge is 0.365 e. The number of nitrogens with two attached hydrogens (primary N) is 1. The first kappa shape index (κ1) is 16.0. The zero-order chi connectivity index (χ0) is 17.3. The highest BCUT2D eigenvalue weighted by molar-refractivity contribution is 9.10. The highest BCUT2D eigenvalue weighted by Crippen LogP contribution is 2.40. The molecule has 1 aliphatic heterocycles. The van der Waals surface area contributed by atoms with Gasteiger partial charge in [-0.3, -0.25) is 9.59 Å². The second-order valence-electron chi connectivity index (χ2n) is 5.26. The normalized spacial score (nSPS) is 15.0. The van der Waals surface area contributed by atoms with Crippen LogP contribution in [0.5, 0.6) is 0 Å². The van der Waals surface area contributed by atoms with E-state index < -0.39 is 11.8 Å². The summed E-state index contributed by atoms with van der Waals surface area (Å²) in [5.74, 6) is -1.31. The maximum absolute atomic E-state index is 12.9. The molecule has 3 rings (SSSR count). The van der Waals surface area contributed by atoms with E-state index in [9.17, 15) is 14.9 Å². The van der Waals surface area contributed by atoms with Crippen LogP contribution in [-0.2, 0) is 16.1 Å². The number of benzene rings is 2. The molecule has 24 heavy (non-hydrogen) atoms. The van der Waals surface area contributed by atoms with Crippen molar-refractivity contribution in [2.45, 2.75) is 6.54 Å². The van der Waals surface area contributed by atoms with Crippen molar-refractivity contribution in [2.24, 2.45) is 5.73 Å². The average Bonchev–Trinajstić information content (AvgIpc) is 2.82. The minimum Gasteiger partial charge on any atom is -0.365 e. The fourth-order valence-corrected chi connectivity index (χ4v) is 3.06. The maximum atomic E-state index is 12.9. The Morgan fingerprint density at radius 2 is 1.92 bits per heavy atom. The van der Waals surface area contributed by atoms with E-state index in [0.717, 1.165) is 10.0 Å². The molecule has 5 nitrogen and oxygen atoms in total. The molecule has 118 valence electrons. The summed E-state index contributed by atoms with van der Waals surface area (Å²) in [5.41, 5.74) is 7.13. The Labute approximate surface area is 147 Å². The fraction of sp³-hybridized carbons (Fsp3) is 0.0556. The number of anilines is 1. The highest BCUT2D eigenvalue weighted by atomic mass is 79.9. The van der Waals surface area contributed by atoms with Crippen molar-refractivity contribution in [3.63, 3.8) is 0 Å². The number of amides is 2. The number of hydrogen-bond donors (Lipinski definition) is 1. The van der Waals surface area contributed by atoms with E-state index in [1.165, 1.54) is 0 Å². The van der Waals surface area contributed by atoms with E-state index >= 15 is 0 Å². The monoisotopic (exact) mass is 381 g/mol. The first-order chi connectivity index (χ1) is 11.5. The molecule has 0 spiro atoms. The van der Waals surface area contributed by atoms with Crippen LogP contribution in [0.15, 0.2) is 58.6 Å². The van der Waals surface area contributed by atoms with Crippen LogP contribution in [0.3, 0.4) is 0 Å². The molecule has 2 aromatic rings. The van der Waals surface area contributed by atoms with E-state index in [-0.39, 0.29) is 11.1 Å². The maximum Gasteiger partial charge on any atom is 0.260 e. The van der Waals surface area contributed by atoms with E-state index in [4.69, 9.17) is 5.73 Å². The van der Waals surface area contributed by atoms with Crippen molar-refractivity contribution in [3.05, 3.63) is 69.7 Å². The first-order valence-electron chi connectivity index (χ1n) is 7.13. The Kier molecular flexibility index (Phi) is 4.19. The van der Waals surface area contributed by atoms with Gasteiger partial charge in [0.1, 0.15) is 11.6 Å². The number of rotatable bonds is 3. The summed E-state index contributed by atoms with van der Waals surface area (Å²) in [4.78, 5) is 26.0. The minimum atomic E-state index is -0.909. The average molecular weight is 382 g/mol. The van der Waals surface area contributed by atoms with Gasteiger partial charge >= 0.3 is 0 Å². The molecule has 0 bridgehead atoms. The van der Waals surface area contributed by atoms with Crippen LogP contribution in [0.1, 0.15) is 11.1 Å². The van der Waals surface area contributed by atoms with Gasteiger partial charge in [0.25, 0.3) is 11.8 Å². The molecule has 0 saturated heterocycles. The molecule has 0 saturated carbocycles. The molecule has 6 heteroatoms. The summed E-state index contributed by atoms with van der Waals surface area (Å²) in [6.07, 6.45) is 0. The molecule has 0 unspecified atom stereocenters. The number of fused-ring (bicyclic) bond motifs is 1. The molecule has 0 fully saturated rings. The van der Waals surface area contributed by atoms with E-state index in [1.807, 2.05) is 36.4 Å². The predicted octanol–water partition coefficient (Wildman–Crippen LogP) is 2.76. The second-order valence-corrected chi connectivity index (χ2v) is 6.18. The van der Waals surface area contributed by atoms with E-state index in [0.29, 0.717) is 17.8 Å². The van der Waals surface area contributed by atoms with Gasteiger partial charge in [-0.25, -0.2) is 0 Å². The molecular formula is C18H12BrN3O2. The number of nitrogens with zero attached hydrogens (tertiary/aromatic N) is 2. The standard InChI is InChI=1S/C18H12BrN3O2/c19-12-6-7-15-13(8-12)16(14(9-20)17(21)23)18(24)22(15)10-11-4-2-1-3-5-11/h1-8H,10H2,(H2,21,23)/b16-14-. The summed E-state index contributed by atoms with van der Waals surface area (Å²) in [6.45, 7) is 0.343. The molecule has 2 aromatic carbocycles. The first-order valence-corrected chi connectivity index (χ1v) is 7.92. The summed E-state index contributed by atoms with van der Waals surface area (Å²) >= 11 is 3.36. The van der Waals surface area contributed by atoms with Crippen LogP contribution in [0.25, 0.3) is 5.57 Å². The lowest BCUT2D eigenvalue weighted by molar-refractivity contribution is -0.115. The van der Waals surface area contributed by atoms with Crippen molar-refractivity contribution < 1.29 is 9.59 Å². The minimum absolute atomic E-state index is 0.0530. The van der Waals surface area contributed by atoms with Gasteiger partial charge in [-0.15, -0.1) is 0 Å². The molecule has 1 aliphatic rings. The summed E-state index contributed by atoms with van der Waals surface area (Å²) in [7, 11) is 0. The number of nitriles is 1. The van der Waals surface area contributed by atoms with Crippen LogP contribution in [-0.4, -0.2) is 11.8 Å². The van der Waals surface area contributed by atoms with Gasteiger partial charge in [0.2, 0.25) is 0 Å². The zero-order valence-corrected chi connectivity index (χ0v) is 14.1. The quantitative estimate of drug-likeness (QED) is 0.654. The number of halogens is 1. The molecule has 0 aliphatic carbocycles. The zero-order valence-electron chi connectivity index (χ0n) is 12.5. The van der Waals surface area contributed by atoms with Crippen molar-refractivity contribution in [1.82, 2.24) is 0 Å². The Morgan fingerprint density at radius 3 is 2.54 bits per heavy atom. The molecule has 0 radical (unpaired) electrons. The fourth-order valence-electron chi connectivity index (χ4n) is 2.70. The Bertz CT molecular complexity index is 914. The third kappa shape index (κ3) is 2.70. The van der Waals surface area contributed by atoms with E-state index in [1.54, 1.807) is 23.1 Å². The van der Waals surface area contributed by atoms with Crippen LogP contribution < -0.4 is 10.6 Å². The molecule has 1 heterocycles. The summed E-state index contributed by atoms with van der Waals surface area (Å²) in [6, 6.07) is 16.6. The van der Waals surface area contributed by atoms with Crippen LogP contribution in [0.4, 0.5) is 5.69 Å². The molecule has 0 atom stereocenters. The Hall–Kier alpha value is -2.91. The second kappa shape index (κ2) is 6.30. The predicted molar refractivity (Wildman–Crippen MR) is 93.5 cm³/mol. The van der Waals surface area contributed by atoms with Gasteiger partial charge in [0, 0.05) is 10.0 Å². The lowest BCUT2D eigenvalue weighted by Gasteiger charge is -2.17. The van der Waals surface area contributed by atoms with Crippen molar-refractivity contribution >= 4 is 39.0 Å². The highest BCUT2D eigenvalue weighted by Gasteiger charge is 2.36. The number of hydrogen-bond acceptors (Lipinski definition) is 3. The number of carbonyl (C=O) groups is 2. The van der Waals surface area contributed by atoms with Crippen LogP contribution in [0.2, 0.25) is 0 Å². The van der Waals surface area contributed by atoms with Crippen LogP contribution in [0, 0.1) is 11.3 Å². The third-order valence-electron chi connectivity index (χ3n) is 3.77. The van der Waals surface area contributed by atoms with Crippen molar-refractivity contribution in [1.29, 1.82) is 5.26 Å². The smallest absolute Gasteiger partial charge is 0.260 e. The Balaban J connectivity index is 2.17. The Morgan fingerprint density at radius 1 is 1.21 bits per heavy atom. The van der Waals surface area contributed by atoms with Gasteiger partial charge in [-0.1, -0.05) is 46.3 Å². The third-order valence-corrected chi connectivity index (χ3v) is 4.26. The van der Waals surface area contributed by atoms with Gasteiger partial charge < -0.3 is 10.6 Å². The lowest BCUT2D eigenvalue weighted by atomic mass is 10.0. The molecule has 2 amide bonds. The van der Waals surface area contributed by atoms with Gasteiger partial charge in [0.05, 0.1) is 17.8 Å². The molecular weight excluding hydrogens is 370 g/mol. The summed E-state index contributed by atoms with van der Waals surface area (Å²) in [5, 5.41) is 9.25.